The van der Waals surface area contributed by atoms with E-state index in [1.807, 2.05) is 0 Å². The average Bonchev–Trinajstić information content (AvgIpc) is 3.20. The van der Waals surface area contributed by atoms with Gasteiger partial charge in [-0.25, -0.2) is 14.8 Å². The monoisotopic (exact) mass is 484 g/mol. The molecule has 4 N–H and O–H groups in total. The number of fused-ring (bicyclic) bond motifs is 1. The molecule has 176 valence electrons. The van der Waals surface area contributed by atoms with Crippen molar-refractivity contribution in [3.05, 3.63) is 29.5 Å². The minimum absolute atomic E-state index is 0.00287. The van der Waals surface area contributed by atoms with E-state index in [0.717, 1.165) is 33.0 Å². The number of amides is 1. The van der Waals surface area contributed by atoms with E-state index in [1.165, 1.54) is 24.5 Å². The van der Waals surface area contributed by atoms with Crippen LogP contribution in [-0.4, -0.2) is 53.6 Å². The van der Waals surface area contributed by atoms with E-state index < -0.39 is 18.2 Å². The largest absolute Gasteiger partial charge is 0.573 e. The molecule has 1 fully saturated rings. The van der Waals surface area contributed by atoms with Crippen molar-refractivity contribution in [3.8, 4) is 17.0 Å². The molecular formula is C20H20ClF3N6O3. The van der Waals surface area contributed by atoms with Crippen molar-refractivity contribution in [2.75, 3.05) is 30.8 Å². The fraction of sp³-hybridized carbons (Fsp3) is 0.350. The minimum atomic E-state index is -5.00. The summed E-state index contributed by atoms with van der Waals surface area (Å²) in [5, 5.41) is 9.33. The van der Waals surface area contributed by atoms with Crippen LogP contribution in [0.1, 0.15) is 12.8 Å². The van der Waals surface area contributed by atoms with Gasteiger partial charge < -0.3 is 25.1 Å². The minimum Gasteiger partial charge on any atom is -0.453 e. The number of nitrogens with one attached hydrogen (secondary N) is 4. The molecule has 1 unspecified atom stereocenters. The first kappa shape index (κ1) is 22.9. The number of rotatable bonds is 5. The van der Waals surface area contributed by atoms with Crippen molar-refractivity contribution in [2.45, 2.75) is 25.2 Å². The van der Waals surface area contributed by atoms with Gasteiger partial charge in [0.2, 0.25) is 5.95 Å². The van der Waals surface area contributed by atoms with E-state index in [1.54, 1.807) is 0 Å². The van der Waals surface area contributed by atoms with Crippen LogP contribution in [0.25, 0.3) is 22.2 Å². The van der Waals surface area contributed by atoms with Gasteiger partial charge >= 0.3 is 12.5 Å². The maximum atomic E-state index is 13.1. The predicted molar refractivity (Wildman–Crippen MR) is 117 cm³/mol. The van der Waals surface area contributed by atoms with Crippen molar-refractivity contribution < 1.29 is 27.4 Å². The molecule has 33 heavy (non-hydrogen) atoms. The Morgan fingerprint density at radius 2 is 2.15 bits per heavy atom. The summed E-state index contributed by atoms with van der Waals surface area (Å²) in [7, 11) is 1.09. The van der Waals surface area contributed by atoms with Gasteiger partial charge in [-0.05, 0) is 31.5 Å². The number of carbonyl (C=O) groups excluding carboxylic acids is 1. The first-order valence-electron chi connectivity index (χ1n) is 10.00. The molecule has 1 aliphatic rings. The molecule has 13 heteroatoms. The highest BCUT2D eigenvalue weighted by Gasteiger charge is 2.34. The molecule has 3 aromatic rings. The van der Waals surface area contributed by atoms with Crippen LogP contribution < -0.4 is 20.7 Å². The molecule has 0 spiro atoms. The molecule has 1 amide bonds. The third-order valence-corrected chi connectivity index (χ3v) is 5.35. The van der Waals surface area contributed by atoms with Gasteiger partial charge in [0.25, 0.3) is 0 Å². The zero-order chi connectivity index (χ0) is 23.6. The highest BCUT2D eigenvalue weighted by atomic mass is 35.5. The summed E-state index contributed by atoms with van der Waals surface area (Å²) in [6, 6.07) is 2.95. The van der Waals surface area contributed by atoms with E-state index in [4.69, 9.17) is 11.6 Å². The number of benzene rings is 1. The van der Waals surface area contributed by atoms with Crippen LogP contribution in [0.4, 0.5) is 29.6 Å². The second-order valence-electron chi connectivity index (χ2n) is 7.31. The second kappa shape index (κ2) is 9.32. The molecule has 1 aromatic carbocycles. The molecular weight excluding hydrogens is 465 g/mol. The molecule has 0 bridgehead atoms. The Bertz CT molecular complexity index is 1160. The lowest BCUT2D eigenvalue weighted by Crippen LogP contribution is -2.38. The molecule has 1 saturated heterocycles. The van der Waals surface area contributed by atoms with Crippen LogP contribution in [-0.2, 0) is 4.74 Å². The van der Waals surface area contributed by atoms with Crippen LogP contribution in [0.3, 0.4) is 0 Å². The van der Waals surface area contributed by atoms with Gasteiger partial charge in [-0.3, -0.25) is 5.32 Å². The number of piperidine rings is 1. The van der Waals surface area contributed by atoms with Gasteiger partial charge in [0, 0.05) is 29.7 Å². The van der Waals surface area contributed by atoms with Crippen LogP contribution in [0.15, 0.2) is 24.5 Å². The number of aromatic nitrogens is 3. The fourth-order valence-corrected chi connectivity index (χ4v) is 3.83. The Balaban J connectivity index is 1.75. The number of hydrogen-bond donors (Lipinski definition) is 4. The Morgan fingerprint density at radius 1 is 1.33 bits per heavy atom. The molecule has 1 aliphatic heterocycles. The Morgan fingerprint density at radius 3 is 2.85 bits per heavy atom. The lowest BCUT2D eigenvalue weighted by atomic mass is 10.1. The van der Waals surface area contributed by atoms with Gasteiger partial charge in [-0.1, -0.05) is 11.6 Å². The summed E-state index contributed by atoms with van der Waals surface area (Å²) in [4.78, 5) is 23.1. The SMILES string of the molecule is COC(=O)Nc1ccc2c(-c3nc(NC4CCCNC4)ncc3Cl)c[nH]c2c1OC(F)(F)F. The first-order chi connectivity index (χ1) is 15.7. The maximum absolute atomic E-state index is 13.1. The number of aromatic amines is 1. The van der Waals surface area contributed by atoms with Crippen molar-refractivity contribution in [3.63, 3.8) is 0 Å². The van der Waals surface area contributed by atoms with Gasteiger partial charge in [0.05, 0.1) is 35.2 Å². The van der Waals surface area contributed by atoms with Crippen LogP contribution in [0, 0.1) is 0 Å². The van der Waals surface area contributed by atoms with Gasteiger partial charge in [-0.2, -0.15) is 0 Å². The number of carbonyl (C=O) groups is 1. The first-order valence-corrected chi connectivity index (χ1v) is 10.4. The number of H-pyrrole nitrogens is 1. The molecule has 2 aromatic heterocycles. The van der Waals surface area contributed by atoms with Crippen molar-refractivity contribution in [1.82, 2.24) is 20.3 Å². The smallest absolute Gasteiger partial charge is 0.453 e. The number of nitrogens with zero attached hydrogens (tertiary/aromatic N) is 2. The van der Waals surface area contributed by atoms with E-state index in [2.05, 4.69) is 40.4 Å². The topological polar surface area (TPSA) is 113 Å². The molecule has 3 heterocycles. The molecule has 4 rings (SSSR count). The zero-order valence-electron chi connectivity index (χ0n) is 17.3. The summed E-state index contributed by atoms with van der Waals surface area (Å²) < 4.78 is 48.0. The third-order valence-electron chi connectivity index (χ3n) is 5.08. The molecule has 1 atom stereocenters. The maximum Gasteiger partial charge on any atom is 0.573 e. The van der Waals surface area contributed by atoms with Gasteiger partial charge in [0.15, 0.2) is 5.75 Å². The third kappa shape index (κ3) is 5.22. The number of hydrogen-bond acceptors (Lipinski definition) is 7. The standard InChI is InChI=1S/C20H20ClF3N6O3/c1-32-19(31)29-14-5-4-11-12(8-26-16(11)17(14)33-20(22,23)24)15-13(21)9-27-18(30-15)28-10-3-2-6-25-7-10/h4-5,8-10,25-26H,2-3,6-7H2,1H3,(H,29,31)(H,27,28,30). The summed E-state index contributed by atoms with van der Waals surface area (Å²) in [5.41, 5.74) is 0.549. The summed E-state index contributed by atoms with van der Waals surface area (Å²) >= 11 is 6.33. The van der Waals surface area contributed by atoms with Crippen LogP contribution in [0.5, 0.6) is 5.75 Å². The van der Waals surface area contributed by atoms with E-state index in [9.17, 15) is 18.0 Å². The van der Waals surface area contributed by atoms with Crippen molar-refractivity contribution in [2.24, 2.45) is 0 Å². The Kier molecular flexibility index (Phi) is 6.47. The number of ether oxygens (including phenoxy) is 2. The lowest BCUT2D eigenvalue weighted by molar-refractivity contribution is -0.273. The molecule has 0 saturated carbocycles. The normalized spacial score (nSPS) is 16.5. The predicted octanol–water partition coefficient (Wildman–Crippen LogP) is 4.52. The fourth-order valence-electron chi connectivity index (χ4n) is 3.63. The number of halogens is 4. The van der Waals surface area contributed by atoms with Crippen molar-refractivity contribution >= 4 is 40.2 Å². The summed E-state index contributed by atoms with van der Waals surface area (Å²) in [6.45, 7) is 1.72. The second-order valence-corrected chi connectivity index (χ2v) is 7.72. The number of methoxy groups -OCH3 is 1. The lowest BCUT2D eigenvalue weighted by Gasteiger charge is -2.23. The molecule has 0 aliphatic carbocycles. The Labute approximate surface area is 191 Å². The molecule has 9 nitrogen and oxygen atoms in total. The molecule has 0 radical (unpaired) electrons. The van der Waals surface area contributed by atoms with Crippen LogP contribution in [0.2, 0.25) is 5.02 Å². The quantitative estimate of drug-likeness (QED) is 0.421. The van der Waals surface area contributed by atoms with E-state index in [-0.39, 0.29) is 22.3 Å². The summed E-state index contributed by atoms with van der Waals surface area (Å²) in [5.74, 6) is -0.262. The highest BCUT2D eigenvalue weighted by molar-refractivity contribution is 6.33. The zero-order valence-corrected chi connectivity index (χ0v) is 18.1. The Hall–Kier alpha value is -3.25. The average molecular weight is 485 g/mol. The van der Waals surface area contributed by atoms with E-state index >= 15 is 0 Å². The van der Waals surface area contributed by atoms with Crippen molar-refractivity contribution in [1.29, 1.82) is 0 Å². The van der Waals surface area contributed by atoms with Gasteiger partial charge in [-0.15, -0.1) is 13.2 Å². The van der Waals surface area contributed by atoms with Crippen LogP contribution >= 0.6 is 11.6 Å². The number of alkyl halides is 3. The van der Waals surface area contributed by atoms with Gasteiger partial charge in [0.1, 0.15) is 0 Å². The highest BCUT2D eigenvalue weighted by Crippen LogP contribution is 2.41. The number of anilines is 2. The summed E-state index contributed by atoms with van der Waals surface area (Å²) in [6.07, 6.45) is -1.07. The van der Waals surface area contributed by atoms with E-state index in [0.29, 0.717) is 22.6 Å².